The molecule has 6 heteroatoms. The molecule has 3 rings (SSSR count). The van der Waals surface area contributed by atoms with Gasteiger partial charge in [-0.3, -0.25) is 0 Å². The van der Waals surface area contributed by atoms with E-state index in [0.29, 0.717) is 11.1 Å². The largest absolute Gasteiger partial charge is 0.427 e. The average molecular weight is 323 g/mol. The molecule has 2 fully saturated rings. The number of hydrogen-bond acceptors (Lipinski definition) is 4. The van der Waals surface area contributed by atoms with Crippen molar-refractivity contribution in [3.05, 3.63) is 23.0 Å². The van der Waals surface area contributed by atoms with Crippen molar-refractivity contribution in [2.24, 2.45) is 5.92 Å². The first-order valence-corrected chi connectivity index (χ1v) is 8.01. The highest BCUT2D eigenvalue weighted by molar-refractivity contribution is 6.47. The third-order valence-electron chi connectivity index (χ3n) is 5.20. The van der Waals surface area contributed by atoms with Gasteiger partial charge in [-0.1, -0.05) is 11.6 Å². The summed E-state index contributed by atoms with van der Waals surface area (Å²) < 4.78 is 11.4. The van der Waals surface area contributed by atoms with Crippen LogP contribution < -0.4 is 5.46 Å². The number of pyridine rings is 1. The van der Waals surface area contributed by atoms with E-state index in [1.165, 1.54) is 0 Å². The summed E-state index contributed by atoms with van der Waals surface area (Å²) in [5.41, 5.74) is 0.236. The van der Waals surface area contributed by atoms with Gasteiger partial charge in [-0.05, 0) is 57.6 Å². The number of ether oxygens (including phenoxy) is 1. The van der Waals surface area contributed by atoms with E-state index in [2.05, 4.69) is 4.98 Å². The van der Waals surface area contributed by atoms with E-state index in [0.717, 1.165) is 30.8 Å². The molecular formula is C16H22BClNO3. The minimum absolute atomic E-state index is 0.0548. The normalized spacial score (nSPS) is 27.6. The van der Waals surface area contributed by atoms with Gasteiger partial charge < -0.3 is 14.5 Å². The van der Waals surface area contributed by atoms with Crippen molar-refractivity contribution < 1.29 is 14.5 Å². The SMILES string of the molecule is CC(C)(O)C(C)(C)O[B]c1cc(Cl)nc(C23COCC2C3)c1. The van der Waals surface area contributed by atoms with E-state index in [4.69, 9.17) is 21.0 Å². The molecule has 2 atom stereocenters. The first-order chi connectivity index (χ1) is 10.1. The molecule has 22 heavy (non-hydrogen) atoms. The Morgan fingerprint density at radius 2 is 2.14 bits per heavy atom. The van der Waals surface area contributed by atoms with Crippen molar-refractivity contribution >= 4 is 24.5 Å². The zero-order valence-electron chi connectivity index (χ0n) is 13.5. The van der Waals surface area contributed by atoms with E-state index in [-0.39, 0.29) is 5.41 Å². The monoisotopic (exact) mass is 322 g/mol. The fourth-order valence-electron chi connectivity index (χ4n) is 2.75. The second-order valence-corrected chi connectivity index (χ2v) is 7.87. The Morgan fingerprint density at radius 1 is 1.41 bits per heavy atom. The maximum absolute atomic E-state index is 10.2. The third kappa shape index (κ3) is 2.80. The van der Waals surface area contributed by atoms with Crippen molar-refractivity contribution in [1.29, 1.82) is 0 Å². The number of hydrogen-bond donors (Lipinski definition) is 1. The molecule has 0 bridgehead atoms. The van der Waals surface area contributed by atoms with Crippen LogP contribution in [0, 0.1) is 5.92 Å². The van der Waals surface area contributed by atoms with Crippen LogP contribution in [-0.2, 0) is 14.8 Å². The van der Waals surface area contributed by atoms with Crippen molar-refractivity contribution in [2.75, 3.05) is 13.2 Å². The molecule has 0 aromatic carbocycles. The van der Waals surface area contributed by atoms with Crippen LogP contribution in [0.4, 0.5) is 0 Å². The lowest BCUT2D eigenvalue weighted by Crippen LogP contribution is -2.49. The fourth-order valence-corrected chi connectivity index (χ4v) is 2.96. The molecule has 4 nitrogen and oxygen atoms in total. The van der Waals surface area contributed by atoms with Crippen LogP contribution >= 0.6 is 11.6 Å². The Kier molecular flexibility index (Phi) is 3.84. The highest BCUT2D eigenvalue weighted by atomic mass is 35.5. The molecule has 1 aromatic rings. The smallest absolute Gasteiger partial charge is 0.331 e. The van der Waals surface area contributed by atoms with E-state index >= 15 is 0 Å². The minimum Gasteiger partial charge on any atom is -0.427 e. The topological polar surface area (TPSA) is 51.6 Å². The van der Waals surface area contributed by atoms with Crippen molar-refractivity contribution in [3.63, 3.8) is 0 Å². The number of halogens is 1. The Labute approximate surface area is 137 Å². The molecule has 1 aliphatic heterocycles. The number of aromatic nitrogens is 1. The summed E-state index contributed by atoms with van der Waals surface area (Å²) >= 11 is 6.17. The van der Waals surface area contributed by atoms with Crippen LogP contribution in [0.3, 0.4) is 0 Å². The number of fused-ring (bicyclic) bond motifs is 1. The molecular weight excluding hydrogens is 300 g/mol. The molecule has 1 aliphatic carbocycles. The number of nitrogens with zero attached hydrogens (tertiary/aromatic N) is 1. The zero-order valence-corrected chi connectivity index (χ0v) is 14.3. The fraction of sp³-hybridized carbons (Fsp3) is 0.688. The first kappa shape index (κ1) is 16.3. The van der Waals surface area contributed by atoms with Gasteiger partial charge in [-0.2, -0.15) is 0 Å². The molecule has 0 amide bonds. The van der Waals surface area contributed by atoms with Crippen LogP contribution in [0.5, 0.6) is 0 Å². The number of aliphatic hydroxyl groups is 1. The number of rotatable bonds is 5. The Balaban J connectivity index is 1.77. The van der Waals surface area contributed by atoms with Gasteiger partial charge in [0.05, 0.1) is 30.1 Å². The molecule has 1 saturated carbocycles. The average Bonchev–Trinajstić information content (AvgIpc) is 2.97. The summed E-state index contributed by atoms with van der Waals surface area (Å²) in [6, 6.07) is 3.79. The second-order valence-electron chi connectivity index (χ2n) is 7.49. The maximum Gasteiger partial charge on any atom is 0.331 e. The Bertz CT molecular complexity index is 587. The predicted molar refractivity (Wildman–Crippen MR) is 86.7 cm³/mol. The summed E-state index contributed by atoms with van der Waals surface area (Å²) in [6.07, 6.45) is 1.12. The van der Waals surface area contributed by atoms with Gasteiger partial charge in [-0.25, -0.2) is 4.98 Å². The molecule has 1 radical (unpaired) electrons. The van der Waals surface area contributed by atoms with E-state index in [9.17, 15) is 5.11 Å². The standard InChI is InChI=1S/C16H22BClNO3/c1-14(2,20)15(3,4)22-17-11-5-12(19-13(18)6-11)16-7-10(16)8-21-9-16/h5-6,10,20H,7-9H2,1-4H3. The van der Waals surface area contributed by atoms with Crippen LogP contribution in [-0.4, -0.2) is 42.0 Å². The van der Waals surface area contributed by atoms with Crippen LogP contribution in [0.2, 0.25) is 5.15 Å². The molecule has 119 valence electrons. The molecule has 2 unspecified atom stereocenters. The summed E-state index contributed by atoms with van der Waals surface area (Å²) in [5, 5.41) is 10.6. The maximum atomic E-state index is 10.2. The van der Waals surface area contributed by atoms with Crippen molar-refractivity contribution in [2.45, 2.75) is 50.7 Å². The predicted octanol–water partition coefficient (Wildman–Crippen LogP) is 1.83. The lowest BCUT2D eigenvalue weighted by Gasteiger charge is -2.37. The van der Waals surface area contributed by atoms with Gasteiger partial charge in [0.25, 0.3) is 0 Å². The van der Waals surface area contributed by atoms with Gasteiger partial charge in [0.1, 0.15) is 5.15 Å². The highest BCUT2D eigenvalue weighted by Gasteiger charge is 2.60. The second kappa shape index (κ2) is 5.20. The Morgan fingerprint density at radius 3 is 2.68 bits per heavy atom. The van der Waals surface area contributed by atoms with Gasteiger partial charge in [0, 0.05) is 5.41 Å². The lowest BCUT2D eigenvalue weighted by atomic mass is 9.82. The summed E-state index contributed by atoms with van der Waals surface area (Å²) in [6.45, 7) is 8.71. The third-order valence-corrected chi connectivity index (χ3v) is 5.39. The van der Waals surface area contributed by atoms with Gasteiger partial charge in [0.15, 0.2) is 0 Å². The first-order valence-electron chi connectivity index (χ1n) is 7.63. The van der Waals surface area contributed by atoms with Gasteiger partial charge in [0.2, 0.25) is 0 Å². The quantitative estimate of drug-likeness (QED) is 0.664. The van der Waals surface area contributed by atoms with Gasteiger partial charge >= 0.3 is 7.48 Å². The van der Waals surface area contributed by atoms with Crippen LogP contribution in [0.1, 0.15) is 39.8 Å². The van der Waals surface area contributed by atoms with E-state index in [1.807, 2.05) is 19.9 Å². The van der Waals surface area contributed by atoms with Crippen LogP contribution in [0.15, 0.2) is 12.1 Å². The molecule has 2 heterocycles. The molecule has 1 saturated heterocycles. The molecule has 1 N–H and O–H groups in total. The lowest BCUT2D eigenvalue weighted by molar-refractivity contribution is -0.0893. The van der Waals surface area contributed by atoms with E-state index in [1.54, 1.807) is 27.4 Å². The minimum atomic E-state index is -0.956. The van der Waals surface area contributed by atoms with Crippen molar-refractivity contribution in [1.82, 2.24) is 4.98 Å². The summed E-state index contributed by atoms with van der Waals surface area (Å²) in [7, 11) is 1.65. The van der Waals surface area contributed by atoms with Crippen molar-refractivity contribution in [3.8, 4) is 0 Å². The van der Waals surface area contributed by atoms with Crippen LogP contribution in [0.25, 0.3) is 0 Å². The molecule has 1 aromatic heterocycles. The summed E-state index contributed by atoms with van der Waals surface area (Å²) in [4.78, 5) is 4.48. The zero-order chi connectivity index (χ0) is 16.2. The van der Waals surface area contributed by atoms with E-state index < -0.39 is 11.2 Å². The Hall–Kier alpha value is -0.615. The summed E-state index contributed by atoms with van der Waals surface area (Å²) in [5.74, 6) is 0.569. The molecule has 0 spiro atoms. The van der Waals surface area contributed by atoms with Gasteiger partial charge in [-0.15, -0.1) is 0 Å². The highest BCUT2D eigenvalue weighted by Crippen LogP contribution is 2.57. The molecule has 2 aliphatic rings.